The maximum Gasteiger partial charge on any atom is 0.261 e. The SMILES string of the molecule is CC[C@H](Oc1cc(C)cc(C)c1)C(=O)N[C@@H](C)COc1ccccc1C. The highest BCUT2D eigenvalue weighted by molar-refractivity contribution is 5.81. The summed E-state index contributed by atoms with van der Waals surface area (Å²) in [7, 11) is 0. The van der Waals surface area contributed by atoms with Crippen molar-refractivity contribution in [2.24, 2.45) is 0 Å². The summed E-state index contributed by atoms with van der Waals surface area (Å²) in [6.07, 6.45) is 0.0848. The van der Waals surface area contributed by atoms with Gasteiger partial charge in [-0.05, 0) is 69.0 Å². The molecule has 4 heteroatoms. The van der Waals surface area contributed by atoms with Crippen LogP contribution in [0.1, 0.15) is 37.0 Å². The van der Waals surface area contributed by atoms with E-state index in [0.29, 0.717) is 13.0 Å². The third kappa shape index (κ3) is 5.80. The molecule has 0 aliphatic rings. The summed E-state index contributed by atoms with van der Waals surface area (Å²) in [6.45, 7) is 10.3. The van der Waals surface area contributed by atoms with E-state index in [0.717, 1.165) is 28.2 Å². The molecule has 26 heavy (non-hydrogen) atoms. The van der Waals surface area contributed by atoms with Crippen LogP contribution in [0.15, 0.2) is 42.5 Å². The van der Waals surface area contributed by atoms with E-state index < -0.39 is 6.10 Å². The molecule has 2 rings (SSSR count). The standard InChI is InChI=1S/C22H29NO3/c1-6-20(26-19-12-15(2)11-16(3)13-19)22(24)23-18(5)14-25-21-10-8-7-9-17(21)4/h7-13,18,20H,6,14H2,1-5H3,(H,23,24)/t18-,20-/m0/s1. The molecule has 0 saturated carbocycles. The Labute approximate surface area is 156 Å². The Bertz CT molecular complexity index is 722. The fourth-order valence-corrected chi connectivity index (χ4v) is 2.80. The van der Waals surface area contributed by atoms with Gasteiger partial charge in [-0.15, -0.1) is 0 Å². The van der Waals surface area contributed by atoms with E-state index in [1.165, 1.54) is 0 Å². The van der Waals surface area contributed by atoms with Crippen molar-refractivity contribution in [1.82, 2.24) is 5.32 Å². The monoisotopic (exact) mass is 355 g/mol. The molecule has 0 unspecified atom stereocenters. The molecular weight excluding hydrogens is 326 g/mol. The minimum Gasteiger partial charge on any atom is -0.491 e. The number of ether oxygens (including phenoxy) is 2. The number of carbonyl (C=O) groups excluding carboxylic acids is 1. The summed E-state index contributed by atoms with van der Waals surface area (Å²) >= 11 is 0. The van der Waals surface area contributed by atoms with Crippen LogP contribution in [-0.2, 0) is 4.79 Å². The molecule has 0 fully saturated rings. The normalized spacial score (nSPS) is 13.0. The lowest BCUT2D eigenvalue weighted by molar-refractivity contribution is -0.128. The lowest BCUT2D eigenvalue weighted by Gasteiger charge is -2.21. The van der Waals surface area contributed by atoms with Crippen LogP contribution in [0.25, 0.3) is 0 Å². The van der Waals surface area contributed by atoms with Gasteiger partial charge in [0.1, 0.15) is 18.1 Å². The summed E-state index contributed by atoms with van der Waals surface area (Å²) < 4.78 is 11.7. The largest absolute Gasteiger partial charge is 0.491 e. The highest BCUT2D eigenvalue weighted by Crippen LogP contribution is 2.19. The number of para-hydroxylation sites is 1. The average molecular weight is 355 g/mol. The highest BCUT2D eigenvalue weighted by Gasteiger charge is 2.20. The molecule has 0 radical (unpaired) electrons. The summed E-state index contributed by atoms with van der Waals surface area (Å²) in [6, 6.07) is 13.7. The van der Waals surface area contributed by atoms with Crippen molar-refractivity contribution >= 4 is 5.91 Å². The summed E-state index contributed by atoms with van der Waals surface area (Å²) in [4.78, 5) is 12.5. The second-order valence-corrected chi connectivity index (χ2v) is 6.82. The second kappa shape index (κ2) is 9.27. The maximum atomic E-state index is 12.5. The van der Waals surface area contributed by atoms with Crippen LogP contribution in [0.2, 0.25) is 0 Å². The van der Waals surface area contributed by atoms with Crippen molar-refractivity contribution in [2.75, 3.05) is 6.61 Å². The van der Waals surface area contributed by atoms with E-state index in [9.17, 15) is 4.79 Å². The zero-order valence-electron chi connectivity index (χ0n) is 16.3. The van der Waals surface area contributed by atoms with Crippen molar-refractivity contribution in [2.45, 2.75) is 53.2 Å². The average Bonchev–Trinajstić information content (AvgIpc) is 2.58. The van der Waals surface area contributed by atoms with Crippen molar-refractivity contribution in [3.8, 4) is 11.5 Å². The van der Waals surface area contributed by atoms with Gasteiger partial charge in [-0.1, -0.05) is 31.2 Å². The van der Waals surface area contributed by atoms with Crippen molar-refractivity contribution < 1.29 is 14.3 Å². The Morgan fingerprint density at radius 3 is 2.35 bits per heavy atom. The summed E-state index contributed by atoms with van der Waals surface area (Å²) in [5, 5.41) is 2.98. The smallest absolute Gasteiger partial charge is 0.261 e. The van der Waals surface area contributed by atoms with Gasteiger partial charge in [0.25, 0.3) is 5.91 Å². The van der Waals surface area contributed by atoms with Crippen LogP contribution in [0.3, 0.4) is 0 Å². The number of hydrogen-bond donors (Lipinski definition) is 1. The molecule has 0 heterocycles. The predicted molar refractivity (Wildman–Crippen MR) is 105 cm³/mol. The molecule has 140 valence electrons. The Morgan fingerprint density at radius 1 is 1.08 bits per heavy atom. The second-order valence-electron chi connectivity index (χ2n) is 6.82. The van der Waals surface area contributed by atoms with Crippen LogP contribution >= 0.6 is 0 Å². The first-order valence-corrected chi connectivity index (χ1v) is 9.12. The van der Waals surface area contributed by atoms with Crippen LogP contribution in [0.4, 0.5) is 0 Å². The number of carbonyl (C=O) groups is 1. The Hall–Kier alpha value is -2.49. The van der Waals surface area contributed by atoms with Gasteiger partial charge < -0.3 is 14.8 Å². The first kappa shape index (κ1) is 19.8. The molecule has 0 saturated heterocycles. The van der Waals surface area contributed by atoms with Gasteiger partial charge >= 0.3 is 0 Å². The van der Waals surface area contributed by atoms with Crippen molar-refractivity contribution in [1.29, 1.82) is 0 Å². The number of amides is 1. The topological polar surface area (TPSA) is 47.6 Å². The van der Waals surface area contributed by atoms with Gasteiger partial charge in [0, 0.05) is 0 Å². The Balaban J connectivity index is 1.90. The zero-order valence-corrected chi connectivity index (χ0v) is 16.3. The zero-order chi connectivity index (χ0) is 19.1. The Morgan fingerprint density at radius 2 is 1.73 bits per heavy atom. The van der Waals surface area contributed by atoms with E-state index in [1.54, 1.807) is 0 Å². The quantitative estimate of drug-likeness (QED) is 0.766. The van der Waals surface area contributed by atoms with E-state index in [2.05, 4.69) is 11.4 Å². The van der Waals surface area contributed by atoms with Crippen LogP contribution in [0, 0.1) is 20.8 Å². The van der Waals surface area contributed by atoms with E-state index >= 15 is 0 Å². The van der Waals surface area contributed by atoms with Gasteiger partial charge in [-0.25, -0.2) is 0 Å². The van der Waals surface area contributed by atoms with E-state index in [4.69, 9.17) is 9.47 Å². The molecule has 0 bridgehead atoms. The third-order valence-corrected chi connectivity index (χ3v) is 4.11. The fourth-order valence-electron chi connectivity index (χ4n) is 2.80. The van der Waals surface area contributed by atoms with Gasteiger partial charge in [0.05, 0.1) is 6.04 Å². The maximum absolute atomic E-state index is 12.5. The number of hydrogen-bond acceptors (Lipinski definition) is 3. The van der Waals surface area contributed by atoms with Crippen LogP contribution in [-0.4, -0.2) is 24.7 Å². The molecular formula is C22H29NO3. The van der Waals surface area contributed by atoms with Gasteiger partial charge in [0.2, 0.25) is 0 Å². The van der Waals surface area contributed by atoms with Crippen LogP contribution in [0.5, 0.6) is 11.5 Å². The Kier molecular flexibility index (Phi) is 7.07. The molecule has 1 N–H and O–H groups in total. The number of benzene rings is 2. The van der Waals surface area contributed by atoms with E-state index in [1.807, 2.05) is 71.0 Å². The fraction of sp³-hybridized carbons (Fsp3) is 0.409. The first-order chi connectivity index (χ1) is 12.4. The van der Waals surface area contributed by atoms with E-state index in [-0.39, 0.29) is 11.9 Å². The predicted octanol–water partition coefficient (Wildman–Crippen LogP) is 4.35. The molecule has 0 aromatic heterocycles. The van der Waals surface area contributed by atoms with Gasteiger partial charge in [-0.2, -0.15) is 0 Å². The third-order valence-electron chi connectivity index (χ3n) is 4.11. The van der Waals surface area contributed by atoms with Crippen molar-refractivity contribution in [3.63, 3.8) is 0 Å². The number of nitrogens with one attached hydrogen (secondary N) is 1. The minimum atomic E-state index is -0.517. The number of aryl methyl sites for hydroxylation is 3. The van der Waals surface area contributed by atoms with Gasteiger partial charge in [-0.3, -0.25) is 4.79 Å². The molecule has 2 aromatic carbocycles. The molecule has 0 spiro atoms. The number of rotatable bonds is 8. The first-order valence-electron chi connectivity index (χ1n) is 9.12. The molecule has 0 aliphatic heterocycles. The van der Waals surface area contributed by atoms with Crippen LogP contribution < -0.4 is 14.8 Å². The molecule has 4 nitrogen and oxygen atoms in total. The minimum absolute atomic E-state index is 0.112. The molecule has 1 amide bonds. The summed E-state index contributed by atoms with van der Waals surface area (Å²) in [5.41, 5.74) is 3.32. The lowest BCUT2D eigenvalue weighted by Crippen LogP contribution is -2.44. The lowest BCUT2D eigenvalue weighted by atomic mass is 10.1. The molecule has 2 aromatic rings. The van der Waals surface area contributed by atoms with Gasteiger partial charge in [0.15, 0.2) is 6.10 Å². The summed E-state index contributed by atoms with van der Waals surface area (Å²) in [5.74, 6) is 1.45. The molecule has 0 aliphatic carbocycles. The molecule has 2 atom stereocenters. The highest BCUT2D eigenvalue weighted by atomic mass is 16.5. The van der Waals surface area contributed by atoms with Crippen molar-refractivity contribution in [3.05, 3.63) is 59.2 Å².